The fraction of sp³-hybridized carbons (Fsp3) is 0.407. The summed E-state index contributed by atoms with van der Waals surface area (Å²) < 4.78 is 5.73. The molecule has 1 saturated carbocycles. The highest BCUT2D eigenvalue weighted by Gasteiger charge is 2.32. The maximum absolute atomic E-state index is 5.73. The molecule has 1 aliphatic carbocycles. The van der Waals surface area contributed by atoms with Gasteiger partial charge in [0.25, 0.3) is 0 Å². The van der Waals surface area contributed by atoms with Crippen LogP contribution in [0.1, 0.15) is 37.2 Å². The SMILES string of the molecule is COc1ccc2cnc(Nc3ccc(N4CC5=CN(C)CC5C4)cc3)nc2c1C1CCCC1. The van der Waals surface area contributed by atoms with Gasteiger partial charge >= 0.3 is 0 Å². The molecular formula is C27H31N5O. The van der Waals surface area contributed by atoms with Crippen LogP contribution in [0.25, 0.3) is 10.9 Å². The summed E-state index contributed by atoms with van der Waals surface area (Å²) in [6, 6.07) is 12.8. The summed E-state index contributed by atoms with van der Waals surface area (Å²) in [6.45, 7) is 3.27. The molecule has 6 rings (SSSR count). The third-order valence-electron chi connectivity index (χ3n) is 7.46. The van der Waals surface area contributed by atoms with Gasteiger partial charge < -0.3 is 19.9 Å². The summed E-state index contributed by atoms with van der Waals surface area (Å²) in [7, 11) is 3.92. The molecule has 0 radical (unpaired) electrons. The van der Waals surface area contributed by atoms with Crippen molar-refractivity contribution in [2.24, 2.45) is 5.92 Å². The minimum Gasteiger partial charge on any atom is -0.496 e. The lowest BCUT2D eigenvalue weighted by Gasteiger charge is -2.20. The van der Waals surface area contributed by atoms with Gasteiger partial charge in [0.15, 0.2) is 0 Å². The third kappa shape index (κ3) is 3.77. The van der Waals surface area contributed by atoms with Gasteiger partial charge in [0.2, 0.25) is 5.95 Å². The monoisotopic (exact) mass is 441 g/mol. The van der Waals surface area contributed by atoms with Gasteiger partial charge in [0.05, 0.1) is 12.6 Å². The van der Waals surface area contributed by atoms with Crippen LogP contribution in [0.15, 0.2) is 54.4 Å². The van der Waals surface area contributed by atoms with Crippen molar-refractivity contribution in [3.63, 3.8) is 0 Å². The van der Waals surface area contributed by atoms with Gasteiger partial charge in [-0.25, -0.2) is 9.97 Å². The van der Waals surface area contributed by atoms with Crippen LogP contribution in [0.4, 0.5) is 17.3 Å². The lowest BCUT2D eigenvalue weighted by Crippen LogP contribution is -2.23. The maximum atomic E-state index is 5.73. The van der Waals surface area contributed by atoms with E-state index in [4.69, 9.17) is 9.72 Å². The summed E-state index contributed by atoms with van der Waals surface area (Å²) in [6.07, 6.45) is 9.19. The molecule has 1 atom stereocenters. The first-order chi connectivity index (χ1) is 16.2. The van der Waals surface area contributed by atoms with Gasteiger partial charge in [0, 0.05) is 67.3 Å². The zero-order valence-electron chi connectivity index (χ0n) is 19.4. The molecule has 6 nitrogen and oxygen atoms in total. The van der Waals surface area contributed by atoms with Crippen LogP contribution in [-0.4, -0.2) is 48.7 Å². The molecule has 0 amide bonds. The van der Waals surface area contributed by atoms with Crippen molar-refractivity contribution in [1.82, 2.24) is 14.9 Å². The smallest absolute Gasteiger partial charge is 0.227 e. The van der Waals surface area contributed by atoms with E-state index in [0.29, 0.717) is 17.8 Å². The average molecular weight is 442 g/mol. The summed E-state index contributed by atoms with van der Waals surface area (Å²) in [4.78, 5) is 14.3. The lowest BCUT2D eigenvalue weighted by molar-refractivity contribution is 0.406. The summed E-state index contributed by atoms with van der Waals surface area (Å²) in [5.74, 6) is 2.76. The molecule has 1 aromatic heterocycles. The molecule has 3 heterocycles. The summed E-state index contributed by atoms with van der Waals surface area (Å²) >= 11 is 0. The lowest BCUT2D eigenvalue weighted by atomic mass is 9.94. The zero-order chi connectivity index (χ0) is 22.4. The fourth-order valence-corrected chi connectivity index (χ4v) is 5.83. The van der Waals surface area contributed by atoms with E-state index >= 15 is 0 Å². The van der Waals surface area contributed by atoms with E-state index in [-0.39, 0.29) is 0 Å². The predicted octanol–water partition coefficient (Wildman–Crippen LogP) is 5.31. The molecule has 3 aromatic rings. The van der Waals surface area contributed by atoms with Crippen molar-refractivity contribution in [2.75, 3.05) is 44.0 Å². The molecule has 1 N–H and O–H groups in total. The highest BCUT2D eigenvalue weighted by molar-refractivity contribution is 5.85. The van der Waals surface area contributed by atoms with Gasteiger partial charge in [-0.15, -0.1) is 0 Å². The topological polar surface area (TPSA) is 53.5 Å². The Morgan fingerprint density at radius 1 is 1.00 bits per heavy atom. The van der Waals surface area contributed by atoms with Crippen LogP contribution >= 0.6 is 0 Å². The number of rotatable bonds is 5. The molecule has 2 aliphatic heterocycles. The van der Waals surface area contributed by atoms with Gasteiger partial charge in [-0.1, -0.05) is 12.8 Å². The maximum Gasteiger partial charge on any atom is 0.227 e. The molecule has 2 aromatic carbocycles. The first kappa shape index (κ1) is 20.3. The predicted molar refractivity (Wildman–Crippen MR) is 133 cm³/mol. The highest BCUT2D eigenvalue weighted by atomic mass is 16.5. The van der Waals surface area contributed by atoms with Crippen molar-refractivity contribution in [3.05, 3.63) is 59.9 Å². The number of hydrogen-bond donors (Lipinski definition) is 1. The first-order valence-electron chi connectivity index (χ1n) is 12.0. The van der Waals surface area contributed by atoms with Gasteiger partial charge in [-0.05, 0) is 60.7 Å². The van der Waals surface area contributed by atoms with E-state index in [2.05, 4.69) is 69.7 Å². The Morgan fingerprint density at radius 3 is 2.58 bits per heavy atom. The van der Waals surface area contributed by atoms with Crippen LogP contribution in [-0.2, 0) is 0 Å². The van der Waals surface area contributed by atoms with Crippen LogP contribution in [0, 0.1) is 5.92 Å². The molecule has 1 saturated heterocycles. The zero-order valence-corrected chi connectivity index (χ0v) is 19.4. The Labute approximate surface area is 195 Å². The van der Waals surface area contributed by atoms with Crippen molar-refractivity contribution >= 4 is 28.2 Å². The number of nitrogens with one attached hydrogen (secondary N) is 1. The summed E-state index contributed by atoms with van der Waals surface area (Å²) in [5, 5.41) is 4.48. The van der Waals surface area contributed by atoms with E-state index in [9.17, 15) is 0 Å². The Morgan fingerprint density at radius 2 is 1.82 bits per heavy atom. The standard InChI is InChI=1S/C27H31N5O/c1-31-14-20-16-32(17-21(20)15-31)23-10-8-22(9-11-23)29-27-28-13-19-7-12-24(33-2)25(26(19)30-27)18-5-3-4-6-18/h7-14,18,21H,3-6,15-17H2,1-2H3,(H,28,29,30). The van der Waals surface area contributed by atoms with E-state index in [1.54, 1.807) is 12.7 Å². The highest BCUT2D eigenvalue weighted by Crippen LogP contribution is 2.42. The second kappa shape index (κ2) is 8.25. The minimum atomic E-state index is 0.514. The number of ether oxygens (including phenoxy) is 1. The van der Waals surface area contributed by atoms with Crippen LogP contribution in [0.5, 0.6) is 5.75 Å². The Hall–Kier alpha value is -3.28. The van der Waals surface area contributed by atoms with E-state index in [1.807, 2.05) is 6.20 Å². The molecule has 33 heavy (non-hydrogen) atoms. The molecule has 3 aliphatic rings. The number of fused-ring (bicyclic) bond motifs is 2. The van der Waals surface area contributed by atoms with Crippen LogP contribution in [0.2, 0.25) is 0 Å². The quantitative estimate of drug-likeness (QED) is 0.579. The van der Waals surface area contributed by atoms with Crippen molar-refractivity contribution < 1.29 is 4.74 Å². The van der Waals surface area contributed by atoms with Crippen LogP contribution < -0.4 is 15.0 Å². The number of hydrogen-bond acceptors (Lipinski definition) is 6. The van der Waals surface area contributed by atoms with E-state index < -0.39 is 0 Å². The Bertz CT molecular complexity index is 1200. The van der Waals surface area contributed by atoms with E-state index in [0.717, 1.165) is 42.0 Å². The van der Waals surface area contributed by atoms with Crippen molar-refractivity contribution in [2.45, 2.75) is 31.6 Å². The number of methoxy groups -OCH3 is 1. The molecule has 1 unspecified atom stereocenters. The minimum absolute atomic E-state index is 0.514. The third-order valence-corrected chi connectivity index (χ3v) is 7.46. The first-order valence-corrected chi connectivity index (χ1v) is 12.0. The number of anilines is 3. The summed E-state index contributed by atoms with van der Waals surface area (Å²) in [5.41, 5.74) is 6.08. The normalized spacial score (nSPS) is 20.4. The largest absolute Gasteiger partial charge is 0.496 e. The molecule has 0 spiro atoms. The van der Waals surface area contributed by atoms with E-state index in [1.165, 1.54) is 36.9 Å². The van der Waals surface area contributed by atoms with Gasteiger partial charge in [-0.3, -0.25) is 0 Å². The van der Waals surface area contributed by atoms with Crippen molar-refractivity contribution in [3.8, 4) is 5.75 Å². The second-order valence-electron chi connectivity index (χ2n) is 9.69. The fourth-order valence-electron chi connectivity index (χ4n) is 5.83. The number of nitrogens with zero attached hydrogens (tertiary/aromatic N) is 4. The molecule has 0 bridgehead atoms. The van der Waals surface area contributed by atoms with Crippen LogP contribution in [0.3, 0.4) is 0 Å². The molecular weight excluding hydrogens is 410 g/mol. The Balaban J connectivity index is 1.24. The molecule has 170 valence electrons. The number of aromatic nitrogens is 2. The van der Waals surface area contributed by atoms with Crippen molar-refractivity contribution in [1.29, 1.82) is 0 Å². The second-order valence-corrected chi connectivity index (χ2v) is 9.69. The average Bonchev–Trinajstić information content (AvgIpc) is 3.56. The molecule has 2 fully saturated rings. The van der Waals surface area contributed by atoms with Gasteiger partial charge in [0.1, 0.15) is 5.75 Å². The molecule has 6 heteroatoms. The Kier molecular flexibility index (Phi) is 5.08. The number of benzene rings is 2. The van der Waals surface area contributed by atoms with Gasteiger partial charge in [-0.2, -0.15) is 0 Å².